The van der Waals surface area contributed by atoms with E-state index < -0.39 is 0 Å². The molecule has 88 valence electrons. The number of nitrogens with one attached hydrogen (secondary N) is 1. The van der Waals surface area contributed by atoms with E-state index in [-0.39, 0.29) is 0 Å². The Bertz CT molecular complexity index is 349. The Kier molecular flexibility index (Phi) is 3.59. The third-order valence-electron chi connectivity index (χ3n) is 3.35. The predicted octanol–water partition coefficient (Wildman–Crippen LogP) is 1.11. The summed E-state index contributed by atoms with van der Waals surface area (Å²) in [4.78, 5) is 2.18. The molecule has 1 aliphatic carbocycles. The van der Waals surface area contributed by atoms with Crippen molar-refractivity contribution in [3.63, 3.8) is 0 Å². The maximum atomic E-state index is 5.59. The van der Waals surface area contributed by atoms with E-state index in [2.05, 4.69) is 48.7 Å². The van der Waals surface area contributed by atoms with Gasteiger partial charge in [0, 0.05) is 12.6 Å². The van der Waals surface area contributed by atoms with Crippen LogP contribution in [0, 0.1) is 0 Å². The summed E-state index contributed by atoms with van der Waals surface area (Å²) < 4.78 is 0. The second kappa shape index (κ2) is 4.95. The highest BCUT2D eigenvalue weighted by atomic mass is 15.3. The maximum Gasteiger partial charge on any atom is 0.0343 e. The molecule has 1 aromatic carbocycles. The molecule has 0 spiro atoms. The van der Waals surface area contributed by atoms with Gasteiger partial charge < -0.3 is 4.90 Å². The molecular weight excluding hydrogens is 198 g/mol. The average Bonchev–Trinajstić information content (AvgIpc) is 2.23. The Labute approximate surface area is 97.6 Å². The van der Waals surface area contributed by atoms with E-state index >= 15 is 0 Å². The summed E-state index contributed by atoms with van der Waals surface area (Å²) in [6.07, 6.45) is 2.34. The predicted molar refractivity (Wildman–Crippen MR) is 67.2 cm³/mol. The lowest BCUT2D eigenvalue weighted by molar-refractivity contribution is 0.310. The Morgan fingerprint density at radius 2 is 2.19 bits per heavy atom. The number of rotatable bonds is 5. The smallest absolute Gasteiger partial charge is 0.0343 e. The average molecular weight is 219 g/mol. The van der Waals surface area contributed by atoms with E-state index in [4.69, 9.17) is 5.84 Å². The number of hydrazine groups is 1. The zero-order valence-corrected chi connectivity index (χ0v) is 10.1. The van der Waals surface area contributed by atoms with Crippen molar-refractivity contribution in [1.82, 2.24) is 10.3 Å². The number of hydrogen-bond acceptors (Lipinski definition) is 3. The SMILES string of the molecule is CN(C)CC(CC1Cc2ccccc21)NN. The molecule has 2 atom stereocenters. The molecule has 2 rings (SSSR count). The van der Waals surface area contributed by atoms with Crippen molar-refractivity contribution in [2.45, 2.75) is 24.8 Å². The fourth-order valence-corrected chi connectivity index (χ4v) is 2.55. The first-order valence-corrected chi connectivity index (χ1v) is 5.89. The Morgan fingerprint density at radius 1 is 1.44 bits per heavy atom. The second-order valence-electron chi connectivity index (χ2n) is 4.96. The monoisotopic (exact) mass is 219 g/mol. The first-order chi connectivity index (χ1) is 7.70. The van der Waals surface area contributed by atoms with Crippen molar-refractivity contribution in [3.8, 4) is 0 Å². The summed E-state index contributed by atoms with van der Waals surface area (Å²) in [5, 5.41) is 0. The minimum atomic E-state index is 0.383. The minimum absolute atomic E-state index is 0.383. The summed E-state index contributed by atoms with van der Waals surface area (Å²) in [7, 11) is 4.16. The van der Waals surface area contributed by atoms with E-state index in [1.807, 2.05) is 0 Å². The largest absolute Gasteiger partial charge is 0.308 e. The van der Waals surface area contributed by atoms with Crippen LogP contribution in [0.1, 0.15) is 23.5 Å². The number of fused-ring (bicyclic) bond motifs is 1. The van der Waals surface area contributed by atoms with Gasteiger partial charge in [-0.1, -0.05) is 24.3 Å². The molecule has 0 aromatic heterocycles. The summed E-state index contributed by atoms with van der Waals surface area (Å²) >= 11 is 0. The van der Waals surface area contributed by atoms with Gasteiger partial charge in [-0.15, -0.1) is 0 Å². The lowest BCUT2D eigenvalue weighted by Crippen LogP contribution is -2.44. The van der Waals surface area contributed by atoms with Gasteiger partial charge in [0.1, 0.15) is 0 Å². The standard InChI is InChI=1S/C13H21N3/c1-16(2)9-12(15-14)8-11-7-10-5-3-4-6-13(10)11/h3-6,11-12,15H,7-9,14H2,1-2H3. The fourth-order valence-electron chi connectivity index (χ4n) is 2.55. The van der Waals surface area contributed by atoms with Crippen LogP contribution in [0.4, 0.5) is 0 Å². The van der Waals surface area contributed by atoms with Gasteiger partial charge in [-0.05, 0) is 44.0 Å². The van der Waals surface area contributed by atoms with Gasteiger partial charge in [-0.3, -0.25) is 11.3 Å². The van der Waals surface area contributed by atoms with E-state index in [0.717, 1.165) is 13.0 Å². The molecule has 3 N–H and O–H groups in total. The number of benzene rings is 1. The van der Waals surface area contributed by atoms with Crippen LogP contribution in [0.25, 0.3) is 0 Å². The third kappa shape index (κ3) is 2.43. The Hall–Kier alpha value is -0.900. The molecule has 2 unspecified atom stereocenters. The zero-order chi connectivity index (χ0) is 11.5. The number of likely N-dealkylation sites (N-methyl/N-ethyl adjacent to an activating group) is 1. The third-order valence-corrected chi connectivity index (χ3v) is 3.35. The van der Waals surface area contributed by atoms with Gasteiger partial charge in [-0.2, -0.15) is 0 Å². The first-order valence-electron chi connectivity index (χ1n) is 5.89. The summed E-state index contributed by atoms with van der Waals surface area (Å²) in [6.45, 7) is 0.995. The first kappa shape index (κ1) is 11.6. The molecule has 0 saturated heterocycles. The molecule has 3 heteroatoms. The lowest BCUT2D eigenvalue weighted by atomic mass is 9.74. The van der Waals surface area contributed by atoms with Crippen molar-refractivity contribution in [2.75, 3.05) is 20.6 Å². The van der Waals surface area contributed by atoms with E-state index in [1.54, 1.807) is 0 Å². The molecule has 0 fully saturated rings. The molecule has 0 bridgehead atoms. The highest BCUT2D eigenvalue weighted by Gasteiger charge is 2.27. The lowest BCUT2D eigenvalue weighted by Gasteiger charge is -2.33. The summed E-state index contributed by atoms with van der Waals surface area (Å²) in [5.74, 6) is 6.28. The normalized spacial score (nSPS) is 20.4. The van der Waals surface area contributed by atoms with Gasteiger partial charge in [0.05, 0.1) is 0 Å². The Balaban J connectivity index is 1.92. The molecule has 0 aliphatic heterocycles. The van der Waals surface area contributed by atoms with Crippen LogP contribution in [0.15, 0.2) is 24.3 Å². The summed E-state index contributed by atoms with van der Waals surface area (Å²) in [6, 6.07) is 9.10. The topological polar surface area (TPSA) is 41.3 Å². The molecule has 1 aliphatic rings. The quantitative estimate of drug-likeness (QED) is 0.576. The van der Waals surface area contributed by atoms with Crippen molar-refractivity contribution in [3.05, 3.63) is 35.4 Å². The minimum Gasteiger partial charge on any atom is -0.308 e. The molecule has 1 aromatic rings. The van der Waals surface area contributed by atoms with Crippen LogP contribution in [0.3, 0.4) is 0 Å². The van der Waals surface area contributed by atoms with E-state index in [0.29, 0.717) is 12.0 Å². The van der Waals surface area contributed by atoms with Crippen LogP contribution >= 0.6 is 0 Å². The van der Waals surface area contributed by atoms with E-state index in [9.17, 15) is 0 Å². The van der Waals surface area contributed by atoms with E-state index in [1.165, 1.54) is 17.5 Å². The van der Waals surface area contributed by atoms with Crippen molar-refractivity contribution >= 4 is 0 Å². The molecule has 0 heterocycles. The highest BCUT2D eigenvalue weighted by Crippen LogP contribution is 2.37. The molecule has 0 amide bonds. The fraction of sp³-hybridized carbons (Fsp3) is 0.538. The second-order valence-corrected chi connectivity index (χ2v) is 4.96. The highest BCUT2D eigenvalue weighted by molar-refractivity contribution is 5.39. The maximum absolute atomic E-state index is 5.59. The van der Waals surface area contributed by atoms with Gasteiger partial charge in [-0.25, -0.2) is 0 Å². The number of nitrogens with two attached hydrogens (primary N) is 1. The van der Waals surface area contributed by atoms with Crippen molar-refractivity contribution in [1.29, 1.82) is 0 Å². The zero-order valence-electron chi connectivity index (χ0n) is 10.1. The summed E-state index contributed by atoms with van der Waals surface area (Å²) in [5.41, 5.74) is 5.94. The Morgan fingerprint density at radius 3 is 2.81 bits per heavy atom. The van der Waals surface area contributed by atoms with Crippen LogP contribution in [0.2, 0.25) is 0 Å². The van der Waals surface area contributed by atoms with Crippen LogP contribution in [-0.4, -0.2) is 31.6 Å². The number of hydrogen-bond donors (Lipinski definition) is 2. The van der Waals surface area contributed by atoms with Crippen molar-refractivity contribution in [2.24, 2.45) is 5.84 Å². The van der Waals surface area contributed by atoms with Gasteiger partial charge >= 0.3 is 0 Å². The molecule has 0 saturated carbocycles. The van der Waals surface area contributed by atoms with Crippen LogP contribution in [-0.2, 0) is 6.42 Å². The van der Waals surface area contributed by atoms with Gasteiger partial charge in [0.2, 0.25) is 0 Å². The molecule has 16 heavy (non-hydrogen) atoms. The molecular formula is C13H21N3. The molecule has 3 nitrogen and oxygen atoms in total. The van der Waals surface area contributed by atoms with Crippen LogP contribution < -0.4 is 11.3 Å². The van der Waals surface area contributed by atoms with Gasteiger partial charge in [0.15, 0.2) is 0 Å². The van der Waals surface area contributed by atoms with Crippen molar-refractivity contribution < 1.29 is 0 Å². The van der Waals surface area contributed by atoms with Gasteiger partial charge in [0.25, 0.3) is 0 Å². The van der Waals surface area contributed by atoms with Crippen LogP contribution in [0.5, 0.6) is 0 Å². The molecule has 0 radical (unpaired) electrons. The number of nitrogens with zero attached hydrogens (tertiary/aromatic N) is 1.